The molecule has 0 aromatic heterocycles. The molecule has 2 N–H and O–H groups in total. The van der Waals surface area contributed by atoms with Gasteiger partial charge in [0.25, 0.3) is 0 Å². The van der Waals surface area contributed by atoms with Crippen molar-refractivity contribution < 1.29 is 47.7 Å². The van der Waals surface area contributed by atoms with E-state index in [1.807, 2.05) is 0 Å². The minimum absolute atomic E-state index is 0.309. The van der Waals surface area contributed by atoms with Gasteiger partial charge in [0.1, 0.15) is 18.8 Å². The van der Waals surface area contributed by atoms with Crippen LogP contribution in [0.25, 0.3) is 0 Å². The Bertz CT molecular complexity index is 923. The van der Waals surface area contributed by atoms with Gasteiger partial charge in [0, 0.05) is 38.6 Å². The number of carbonyl (C=O) groups is 5. The van der Waals surface area contributed by atoms with Gasteiger partial charge in [-0.05, 0) is 24.3 Å². The Labute approximate surface area is 200 Å². The summed E-state index contributed by atoms with van der Waals surface area (Å²) in [5.74, 6) is -4.29. The van der Waals surface area contributed by atoms with Crippen molar-refractivity contribution in [2.45, 2.75) is 51.4 Å². The quantitative estimate of drug-likeness (QED) is 0.308. The van der Waals surface area contributed by atoms with Crippen LogP contribution in [0.4, 0.5) is 5.69 Å². The predicted molar refractivity (Wildman–Crippen MR) is 115 cm³/mol. The zero-order valence-electron chi connectivity index (χ0n) is 18.9. The molecule has 1 saturated heterocycles. The number of benzene rings is 1. The monoisotopic (exact) mass is 500 g/mol. The lowest BCUT2D eigenvalue weighted by Crippen LogP contribution is -2.67. The zero-order valence-corrected chi connectivity index (χ0v) is 19.6. The molecular formula is C21H25ClN2O10. The third-order valence-corrected chi connectivity index (χ3v) is 4.79. The van der Waals surface area contributed by atoms with Crippen molar-refractivity contribution in [2.75, 3.05) is 19.0 Å². The molecule has 13 heteroatoms. The Morgan fingerprint density at radius 2 is 1.50 bits per heavy atom. The van der Waals surface area contributed by atoms with Gasteiger partial charge in [-0.3, -0.25) is 24.0 Å². The van der Waals surface area contributed by atoms with E-state index in [9.17, 15) is 24.0 Å². The maximum absolute atomic E-state index is 12.6. The van der Waals surface area contributed by atoms with E-state index in [4.69, 9.17) is 35.3 Å². The summed E-state index contributed by atoms with van der Waals surface area (Å²) in [6.07, 6.45) is -4.99. The fourth-order valence-electron chi connectivity index (χ4n) is 3.20. The number of nitrogens with one attached hydrogen (secondary N) is 2. The number of rotatable bonds is 7. The molecule has 1 heterocycles. The number of methoxy groups -OCH3 is 1. The predicted octanol–water partition coefficient (Wildman–Crippen LogP) is 0.561. The first-order chi connectivity index (χ1) is 16.0. The standard InChI is InChI=1S/C21H25ClN2O10/c1-10(25)31-9-15-17(32-11(2)26)18(33-12(3)27)16(21(30-4)34-15)24-20(29)19(28)23-14-7-5-13(22)6-8-14/h5-8,15-18,21H,9H2,1-4H3,(H,23,28)(H,24,29)/t15-,16-,17-,18-,21+/m1/s1. The van der Waals surface area contributed by atoms with Crippen LogP contribution >= 0.6 is 11.6 Å². The molecule has 0 spiro atoms. The number of esters is 3. The second kappa shape index (κ2) is 12.3. The van der Waals surface area contributed by atoms with E-state index in [0.29, 0.717) is 10.7 Å². The molecule has 34 heavy (non-hydrogen) atoms. The summed E-state index contributed by atoms with van der Waals surface area (Å²) >= 11 is 5.81. The molecule has 0 saturated carbocycles. The Hall–Kier alpha value is -3.22. The molecule has 1 aromatic rings. The fourth-order valence-corrected chi connectivity index (χ4v) is 3.32. The van der Waals surface area contributed by atoms with Crippen molar-refractivity contribution in [3.63, 3.8) is 0 Å². The molecule has 0 aliphatic carbocycles. The van der Waals surface area contributed by atoms with E-state index < -0.39 is 60.4 Å². The Morgan fingerprint density at radius 1 is 0.912 bits per heavy atom. The van der Waals surface area contributed by atoms with Crippen LogP contribution in [0.5, 0.6) is 0 Å². The number of carbonyl (C=O) groups excluding carboxylic acids is 5. The summed E-state index contributed by atoms with van der Waals surface area (Å²) in [6, 6.07) is 4.76. The summed E-state index contributed by atoms with van der Waals surface area (Å²) < 4.78 is 26.5. The second-order valence-electron chi connectivity index (χ2n) is 7.19. The van der Waals surface area contributed by atoms with Crippen molar-refractivity contribution in [2.24, 2.45) is 0 Å². The second-order valence-corrected chi connectivity index (χ2v) is 7.63. The average Bonchev–Trinajstić information content (AvgIpc) is 2.75. The highest BCUT2D eigenvalue weighted by Gasteiger charge is 2.51. The number of ether oxygens (including phenoxy) is 5. The van der Waals surface area contributed by atoms with Gasteiger partial charge >= 0.3 is 29.7 Å². The van der Waals surface area contributed by atoms with E-state index in [1.165, 1.54) is 38.3 Å². The minimum Gasteiger partial charge on any atom is -0.463 e. The third-order valence-electron chi connectivity index (χ3n) is 4.54. The lowest BCUT2D eigenvalue weighted by Gasteiger charge is -2.44. The number of hydrogen-bond acceptors (Lipinski definition) is 10. The minimum atomic E-state index is -1.34. The van der Waals surface area contributed by atoms with Gasteiger partial charge < -0.3 is 34.3 Å². The fraction of sp³-hybridized carbons (Fsp3) is 0.476. The highest BCUT2D eigenvalue weighted by Crippen LogP contribution is 2.27. The van der Waals surface area contributed by atoms with Crippen LogP contribution in [0.15, 0.2) is 24.3 Å². The van der Waals surface area contributed by atoms with Gasteiger partial charge in [-0.2, -0.15) is 0 Å². The van der Waals surface area contributed by atoms with Gasteiger partial charge in [0.2, 0.25) is 0 Å². The van der Waals surface area contributed by atoms with Crippen LogP contribution in [-0.4, -0.2) is 74.1 Å². The molecular weight excluding hydrogens is 476 g/mol. The van der Waals surface area contributed by atoms with Crippen LogP contribution in [0.3, 0.4) is 0 Å². The van der Waals surface area contributed by atoms with E-state index in [-0.39, 0.29) is 6.61 Å². The lowest BCUT2D eigenvalue weighted by atomic mass is 9.96. The van der Waals surface area contributed by atoms with Gasteiger partial charge in [0.15, 0.2) is 18.5 Å². The van der Waals surface area contributed by atoms with Crippen molar-refractivity contribution in [1.29, 1.82) is 0 Å². The molecule has 186 valence electrons. The number of hydrogen-bond donors (Lipinski definition) is 2. The van der Waals surface area contributed by atoms with Crippen LogP contribution in [0.2, 0.25) is 5.02 Å². The van der Waals surface area contributed by atoms with Crippen molar-refractivity contribution in [3.8, 4) is 0 Å². The van der Waals surface area contributed by atoms with E-state index in [2.05, 4.69) is 10.6 Å². The van der Waals surface area contributed by atoms with Crippen molar-refractivity contribution in [3.05, 3.63) is 29.3 Å². The molecule has 1 fully saturated rings. The molecule has 2 amide bonds. The first kappa shape index (κ1) is 27.0. The molecule has 1 aromatic carbocycles. The molecule has 0 bridgehead atoms. The largest absolute Gasteiger partial charge is 0.463 e. The van der Waals surface area contributed by atoms with E-state index in [1.54, 1.807) is 0 Å². The summed E-state index contributed by atoms with van der Waals surface area (Å²) in [5, 5.41) is 5.22. The summed E-state index contributed by atoms with van der Waals surface area (Å²) in [7, 11) is 1.25. The summed E-state index contributed by atoms with van der Waals surface area (Å²) in [6.45, 7) is 3.03. The summed E-state index contributed by atoms with van der Waals surface area (Å²) in [4.78, 5) is 59.8. The molecule has 0 unspecified atom stereocenters. The average molecular weight is 501 g/mol. The first-order valence-corrected chi connectivity index (χ1v) is 10.4. The molecule has 1 aliphatic rings. The SMILES string of the molecule is CO[C@H]1O[C@H](COC(C)=O)[C@@H](OC(C)=O)[C@H](OC(C)=O)[C@H]1NC(=O)C(=O)Nc1ccc(Cl)cc1. The number of anilines is 1. The van der Waals surface area contributed by atoms with Crippen LogP contribution in [-0.2, 0) is 47.7 Å². The molecule has 0 radical (unpaired) electrons. The molecule has 5 atom stereocenters. The molecule has 2 rings (SSSR count). The number of halogens is 1. The van der Waals surface area contributed by atoms with Gasteiger partial charge in [-0.25, -0.2) is 0 Å². The van der Waals surface area contributed by atoms with Crippen LogP contribution in [0, 0.1) is 0 Å². The van der Waals surface area contributed by atoms with Gasteiger partial charge in [-0.15, -0.1) is 0 Å². The lowest BCUT2D eigenvalue weighted by molar-refractivity contribution is -0.271. The maximum Gasteiger partial charge on any atom is 0.313 e. The topological polar surface area (TPSA) is 156 Å². The van der Waals surface area contributed by atoms with Gasteiger partial charge in [0.05, 0.1) is 0 Å². The van der Waals surface area contributed by atoms with E-state index >= 15 is 0 Å². The Morgan fingerprint density at radius 3 is 2.03 bits per heavy atom. The van der Waals surface area contributed by atoms with Gasteiger partial charge in [-0.1, -0.05) is 11.6 Å². The third kappa shape index (κ3) is 7.68. The molecule has 1 aliphatic heterocycles. The van der Waals surface area contributed by atoms with Crippen molar-refractivity contribution >= 4 is 47.0 Å². The Kier molecular flexibility index (Phi) is 9.78. The van der Waals surface area contributed by atoms with Crippen LogP contribution < -0.4 is 10.6 Å². The normalized spacial score (nSPS) is 23.9. The first-order valence-electron chi connectivity index (χ1n) is 10.0. The Balaban J connectivity index is 2.28. The highest BCUT2D eigenvalue weighted by molar-refractivity contribution is 6.39. The highest BCUT2D eigenvalue weighted by atomic mass is 35.5. The summed E-state index contributed by atoms with van der Waals surface area (Å²) in [5.41, 5.74) is 0.309. The molecule has 12 nitrogen and oxygen atoms in total. The number of amides is 2. The van der Waals surface area contributed by atoms with E-state index in [0.717, 1.165) is 13.8 Å². The maximum atomic E-state index is 12.6. The smallest absolute Gasteiger partial charge is 0.313 e. The van der Waals surface area contributed by atoms with Crippen molar-refractivity contribution in [1.82, 2.24) is 5.32 Å². The zero-order chi connectivity index (χ0) is 25.4. The van der Waals surface area contributed by atoms with Crippen LogP contribution in [0.1, 0.15) is 20.8 Å².